The lowest BCUT2D eigenvalue weighted by Crippen LogP contribution is -2.13. The number of aromatic nitrogens is 1. The number of nitrogens with zero attached hydrogens (tertiary/aromatic N) is 1. The molecule has 1 aromatic heterocycles. The molecule has 0 radical (unpaired) electrons. The number of pyridine rings is 1. The number of hydrogen-bond acceptors (Lipinski definition) is 1. The molecule has 0 atom stereocenters. The van der Waals surface area contributed by atoms with Crippen LogP contribution in [-0.4, -0.2) is 4.98 Å². The van der Waals surface area contributed by atoms with Crippen molar-refractivity contribution in [3.63, 3.8) is 0 Å². The second-order valence-corrected chi connectivity index (χ2v) is 5.09. The van der Waals surface area contributed by atoms with Crippen LogP contribution in [0.5, 0.6) is 0 Å². The number of allylic oxidation sites excluding steroid dienone is 1. The molecule has 1 nitrogen and oxygen atoms in total. The topological polar surface area (TPSA) is 12.9 Å². The van der Waals surface area contributed by atoms with Crippen LogP contribution < -0.4 is 0 Å². The summed E-state index contributed by atoms with van der Waals surface area (Å²) in [6.07, 6.45) is 5.15. The van der Waals surface area contributed by atoms with Crippen LogP contribution in [0.25, 0.3) is 6.08 Å². The van der Waals surface area contributed by atoms with E-state index in [1.54, 1.807) is 0 Å². The first-order chi connectivity index (χ1) is 6.48. The quantitative estimate of drug-likeness (QED) is 0.593. The van der Waals surface area contributed by atoms with Crippen LogP contribution in [0.4, 0.5) is 0 Å². The molecule has 2 rings (SSSR count). The maximum atomic E-state index is 6.15. The monoisotopic (exact) mass is 207 g/mol. The molecule has 2 heteroatoms. The van der Waals surface area contributed by atoms with Crippen molar-refractivity contribution in [2.24, 2.45) is 0 Å². The van der Waals surface area contributed by atoms with Gasteiger partial charge in [0.1, 0.15) is 5.15 Å². The van der Waals surface area contributed by atoms with Crippen LogP contribution in [0.3, 0.4) is 0 Å². The van der Waals surface area contributed by atoms with E-state index >= 15 is 0 Å². The number of halogens is 1. The number of rotatable bonds is 0. The highest BCUT2D eigenvalue weighted by Crippen LogP contribution is 2.31. The summed E-state index contributed by atoms with van der Waals surface area (Å²) in [6, 6.07) is 2.19. The second-order valence-electron chi connectivity index (χ2n) is 4.73. The first kappa shape index (κ1) is 9.72. The summed E-state index contributed by atoms with van der Waals surface area (Å²) in [5, 5.41) is 0.641. The summed E-state index contributed by atoms with van der Waals surface area (Å²) in [7, 11) is 0. The van der Waals surface area contributed by atoms with E-state index < -0.39 is 0 Å². The molecule has 0 unspecified atom stereocenters. The van der Waals surface area contributed by atoms with Gasteiger partial charge in [0.2, 0.25) is 0 Å². The first-order valence-electron chi connectivity index (χ1n) is 4.85. The molecular formula is C12H14ClN. The van der Waals surface area contributed by atoms with Crippen molar-refractivity contribution in [2.75, 3.05) is 0 Å². The van der Waals surface area contributed by atoms with Crippen LogP contribution in [0.15, 0.2) is 12.1 Å². The Morgan fingerprint density at radius 3 is 2.71 bits per heavy atom. The van der Waals surface area contributed by atoms with Crippen molar-refractivity contribution in [3.05, 3.63) is 34.1 Å². The van der Waals surface area contributed by atoms with E-state index in [0.717, 1.165) is 17.7 Å². The summed E-state index contributed by atoms with van der Waals surface area (Å²) >= 11 is 6.15. The average molecular weight is 208 g/mol. The highest BCUT2D eigenvalue weighted by Gasteiger charge is 2.21. The maximum Gasteiger partial charge on any atom is 0.133 e. The molecule has 0 fully saturated rings. The molecule has 1 aromatic rings. The third kappa shape index (κ3) is 1.57. The van der Waals surface area contributed by atoms with Gasteiger partial charge in [-0.3, -0.25) is 0 Å². The molecule has 0 amide bonds. The Balaban J connectivity index is 2.56. The largest absolute Gasteiger partial charge is 0.236 e. The number of hydrogen-bond donors (Lipinski definition) is 0. The highest BCUT2D eigenvalue weighted by atomic mass is 35.5. The van der Waals surface area contributed by atoms with E-state index in [1.165, 1.54) is 5.56 Å². The predicted octanol–water partition coefficient (Wildman–Crippen LogP) is 3.60. The number of fused-ring (bicyclic) bond motifs is 1. The molecule has 0 spiro atoms. The van der Waals surface area contributed by atoms with Crippen LogP contribution in [0.2, 0.25) is 5.15 Å². The Labute approximate surface area is 89.8 Å². The second kappa shape index (κ2) is 3.09. The minimum atomic E-state index is 0.0711. The van der Waals surface area contributed by atoms with Gasteiger partial charge in [0, 0.05) is 0 Å². The standard InChI is InChI=1S/C12H14ClN/c1-12(2,3)9-7-8-5-4-6-10(8)14-11(9)13/h4,6-7H,5H2,1-3H3. The molecule has 0 bridgehead atoms. The average Bonchev–Trinajstić information content (AvgIpc) is 2.47. The summed E-state index contributed by atoms with van der Waals surface area (Å²) in [5.41, 5.74) is 3.53. The summed E-state index contributed by atoms with van der Waals surface area (Å²) in [6.45, 7) is 6.47. The molecule has 14 heavy (non-hydrogen) atoms. The maximum absolute atomic E-state index is 6.15. The van der Waals surface area contributed by atoms with Crippen molar-refractivity contribution < 1.29 is 0 Å². The molecule has 74 valence electrons. The van der Waals surface area contributed by atoms with Crippen molar-refractivity contribution in [2.45, 2.75) is 32.6 Å². The SMILES string of the molecule is CC(C)(C)c1cc2c(nc1Cl)C=CC2. The van der Waals surface area contributed by atoms with E-state index in [9.17, 15) is 0 Å². The van der Waals surface area contributed by atoms with Crippen LogP contribution in [0.1, 0.15) is 37.6 Å². The highest BCUT2D eigenvalue weighted by molar-refractivity contribution is 6.30. The third-order valence-corrected chi connectivity index (χ3v) is 2.80. The fourth-order valence-corrected chi connectivity index (χ4v) is 2.11. The normalized spacial score (nSPS) is 14.6. The zero-order chi connectivity index (χ0) is 10.3. The van der Waals surface area contributed by atoms with E-state index in [1.807, 2.05) is 6.08 Å². The summed E-state index contributed by atoms with van der Waals surface area (Å²) in [4.78, 5) is 4.40. The van der Waals surface area contributed by atoms with Gasteiger partial charge >= 0.3 is 0 Å². The lowest BCUT2D eigenvalue weighted by molar-refractivity contribution is 0.587. The minimum absolute atomic E-state index is 0.0711. The Bertz CT molecular complexity index is 400. The molecule has 0 saturated carbocycles. The lowest BCUT2D eigenvalue weighted by atomic mass is 9.87. The lowest BCUT2D eigenvalue weighted by Gasteiger charge is -2.20. The molecule has 0 aliphatic heterocycles. The molecule has 0 aromatic carbocycles. The van der Waals surface area contributed by atoms with Gasteiger partial charge in [-0.25, -0.2) is 4.98 Å². The Morgan fingerprint density at radius 2 is 2.07 bits per heavy atom. The van der Waals surface area contributed by atoms with Gasteiger partial charge in [-0.2, -0.15) is 0 Å². The molecular weight excluding hydrogens is 194 g/mol. The van der Waals surface area contributed by atoms with E-state index in [2.05, 4.69) is 37.9 Å². The summed E-state index contributed by atoms with van der Waals surface area (Å²) in [5.74, 6) is 0. The van der Waals surface area contributed by atoms with Crippen molar-refractivity contribution >= 4 is 17.7 Å². The minimum Gasteiger partial charge on any atom is -0.236 e. The van der Waals surface area contributed by atoms with Crippen LogP contribution in [0, 0.1) is 0 Å². The zero-order valence-corrected chi connectivity index (χ0v) is 9.52. The summed E-state index contributed by atoms with van der Waals surface area (Å²) < 4.78 is 0. The van der Waals surface area contributed by atoms with E-state index in [0.29, 0.717) is 5.15 Å². The van der Waals surface area contributed by atoms with Gasteiger partial charge < -0.3 is 0 Å². The molecule has 1 aliphatic rings. The van der Waals surface area contributed by atoms with Gasteiger partial charge in [0.05, 0.1) is 5.69 Å². The van der Waals surface area contributed by atoms with Gasteiger partial charge in [-0.15, -0.1) is 0 Å². The van der Waals surface area contributed by atoms with Crippen molar-refractivity contribution in [1.29, 1.82) is 0 Å². The van der Waals surface area contributed by atoms with E-state index in [4.69, 9.17) is 11.6 Å². The van der Waals surface area contributed by atoms with Gasteiger partial charge in [0.25, 0.3) is 0 Å². The Hall–Kier alpha value is -0.820. The predicted molar refractivity (Wildman–Crippen MR) is 60.7 cm³/mol. The van der Waals surface area contributed by atoms with Gasteiger partial charge in [-0.05, 0) is 35.1 Å². The smallest absolute Gasteiger partial charge is 0.133 e. The van der Waals surface area contributed by atoms with Crippen LogP contribution in [-0.2, 0) is 11.8 Å². The molecule has 1 aliphatic carbocycles. The first-order valence-corrected chi connectivity index (χ1v) is 5.23. The third-order valence-electron chi connectivity index (χ3n) is 2.51. The van der Waals surface area contributed by atoms with Crippen molar-refractivity contribution in [1.82, 2.24) is 4.98 Å². The molecule has 1 heterocycles. The fraction of sp³-hybridized carbons (Fsp3) is 0.417. The Morgan fingerprint density at radius 1 is 1.36 bits per heavy atom. The molecule has 0 saturated heterocycles. The van der Waals surface area contributed by atoms with Gasteiger partial charge in [0.15, 0.2) is 0 Å². The van der Waals surface area contributed by atoms with Crippen LogP contribution >= 0.6 is 11.6 Å². The molecule has 0 N–H and O–H groups in total. The van der Waals surface area contributed by atoms with E-state index in [-0.39, 0.29) is 5.41 Å². The Kier molecular flexibility index (Phi) is 2.15. The zero-order valence-electron chi connectivity index (χ0n) is 8.76. The fourth-order valence-electron chi connectivity index (χ4n) is 1.68. The van der Waals surface area contributed by atoms with Crippen molar-refractivity contribution in [3.8, 4) is 0 Å². The van der Waals surface area contributed by atoms with Gasteiger partial charge in [-0.1, -0.05) is 38.4 Å².